The molecular formula is C12H20O3. The molecule has 86 valence electrons. The second kappa shape index (κ2) is 6.62. The van der Waals surface area contributed by atoms with Crippen molar-refractivity contribution in [1.82, 2.24) is 0 Å². The van der Waals surface area contributed by atoms with Crippen LogP contribution in [0, 0.1) is 5.92 Å². The molecule has 0 aromatic rings. The fourth-order valence-electron chi connectivity index (χ4n) is 1.59. The maximum absolute atomic E-state index is 10.9. The third-order valence-corrected chi connectivity index (χ3v) is 2.75. The minimum absolute atomic E-state index is 0.579. The Balaban J connectivity index is 2.28. The number of hydrogen-bond acceptors (Lipinski definition) is 2. The van der Waals surface area contributed by atoms with E-state index in [9.17, 15) is 4.79 Å². The first kappa shape index (κ1) is 12.2. The van der Waals surface area contributed by atoms with Crippen LogP contribution in [0.25, 0.3) is 0 Å². The normalized spacial score (nSPS) is 17.5. The molecule has 1 saturated heterocycles. The molecule has 0 bridgehead atoms. The van der Waals surface area contributed by atoms with Gasteiger partial charge in [0.25, 0.3) is 0 Å². The molecule has 0 atom stereocenters. The van der Waals surface area contributed by atoms with Crippen molar-refractivity contribution in [1.29, 1.82) is 0 Å². The molecule has 1 aliphatic heterocycles. The maximum Gasteiger partial charge on any atom is 0.331 e. The Morgan fingerprint density at radius 1 is 1.53 bits per heavy atom. The van der Waals surface area contributed by atoms with E-state index in [-0.39, 0.29) is 0 Å². The maximum atomic E-state index is 10.9. The average molecular weight is 212 g/mol. The molecule has 3 heteroatoms. The molecule has 0 aromatic carbocycles. The fourth-order valence-corrected chi connectivity index (χ4v) is 1.59. The van der Waals surface area contributed by atoms with E-state index in [0.717, 1.165) is 38.9 Å². The van der Waals surface area contributed by atoms with Crippen molar-refractivity contribution < 1.29 is 14.6 Å². The van der Waals surface area contributed by atoms with Crippen LogP contribution >= 0.6 is 0 Å². The fraction of sp³-hybridized carbons (Fsp3) is 0.750. The molecular weight excluding hydrogens is 192 g/mol. The number of aliphatic carboxylic acids is 1. The molecule has 0 aromatic heterocycles. The second-order valence-corrected chi connectivity index (χ2v) is 4.12. The van der Waals surface area contributed by atoms with Crippen LogP contribution in [0.1, 0.15) is 39.0 Å². The minimum atomic E-state index is -0.758. The number of carboxylic acids is 1. The van der Waals surface area contributed by atoms with E-state index >= 15 is 0 Å². The monoisotopic (exact) mass is 212 g/mol. The van der Waals surface area contributed by atoms with Crippen molar-refractivity contribution in [3.63, 3.8) is 0 Å². The minimum Gasteiger partial charge on any atom is -0.478 e. The summed E-state index contributed by atoms with van der Waals surface area (Å²) in [5.41, 5.74) is 0.579. The van der Waals surface area contributed by atoms with Crippen molar-refractivity contribution in [3.8, 4) is 0 Å². The lowest BCUT2D eigenvalue weighted by atomic mass is 9.97. The van der Waals surface area contributed by atoms with Gasteiger partial charge in [-0.25, -0.2) is 4.79 Å². The molecule has 3 nitrogen and oxygen atoms in total. The van der Waals surface area contributed by atoms with E-state index in [1.54, 1.807) is 0 Å². The third kappa shape index (κ3) is 4.47. The number of rotatable bonds is 7. The van der Waals surface area contributed by atoms with Crippen molar-refractivity contribution in [2.24, 2.45) is 5.92 Å². The average Bonchev–Trinajstić information content (AvgIpc) is 2.12. The summed E-state index contributed by atoms with van der Waals surface area (Å²) in [7, 11) is 0. The summed E-state index contributed by atoms with van der Waals surface area (Å²) in [5.74, 6) is -0.176. The van der Waals surface area contributed by atoms with Crippen LogP contribution in [0.15, 0.2) is 11.6 Å². The van der Waals surface area contributed by atoms with Crippen LogP contribution in [-0.2, 0) is 9.53 Å². The zero-order chi connectivity index (χ0) is 11.1. The number of allylic oxidation sites excluding steroid dienone is 1. The molecule has 1 N–H and O–H groups in total. The van der Waals surface area contributed by atoms with Crippen LogP contribution in [0.4, 0.5) is 0 Å². The van der Waals surface area contributed by atoms with Gasteiger partial charge in [0.2, 0.25) is 0 Å². The van der Waals surface area contributed by atoms with Gasteiger partial charge in [-0.15, -0.1) is 0 Å². The summed E-state index contributed by atoms with van der Waals surface area (Å²) in [4.78, 5) is 10.9. The molecule has 1 rings (SSSR count). The lowest BCUT2D eigenvalue weighted by Gasteiger charge is -2.25. The van der Waals surface area contributed by atoms with Gasteiger partial charge in [-0.1, -0.05) is 25.8 Å². The van der Waals surface area contributed by atoms with Crippen LogP contribution in [-0.4, -0.2) is 24.3 Å². The Labute approximate surface area is 91.1 Å². The van der Waals surface area contributed by atoms with Crippen molar-refractivity contribution in [2.45, 2.75) is 39.0 Å². The predicted molar refractivity (Wildman–Crippen MR) is 58.8 cm³/mol. The Morgan fingerprint density at radius 3 is 2.73 bits per heavy atom. The third-order valence-electron chi connectivity index (χ3n) is 2.75. The zero-order valence-corrected chi connectivity index (χ0v) is 9.37. The largest absolute Gasteiger partial charge is 0.478 e. The van der Waals surface area contributed by atoms with Crippen LogP contribution in [0.3, 0.4) is 0 Å². The quantitative estimate of drug-likeness (QED) is 0.521. The Kier molecular flexibility index (Phi) is 5.40. The molecule has 1 heterocycles. The van der Waals surface area contributed by atoms with Gasteiger partial charge in [0.05, 0.1) is 13.2 Å². The standard InChI is InChI=1S/C12H20O3/c1-2-3-4-5-11(12(13)14)7-6-10-8-15-9-10/h5,10H,2-4,6-9H2,1H3,(H,13,14). The molecule has 0 amide bonds. The summed E-state index contributed by atoms with van der Waals surface area (Å²) in [6.45, 7) is 3.73. The summed E-state index contributed by atoms with van der Waals surface area (Å²) in [6, 6.07) is 0. The molecule has 0 saturated carbocycles. The first-order valence-electron chi connectivity index (χ1n) is 5.74. The van der Waals surface area contributed by atoms with Gasteiger partial charge < -0.3 is 9.84 Å². The first-order valence-corrected chi connectivity index (χ1v) is 5.74. The molecule has 0 radical (unpaired) electrons. The van der Waals surface area contributed by atoms with Gasteiger partial charge in [0, 0.05) is 11.5 Å². The van der Waals surface area contributed by atoms with Gasteiger partial charge in [0.1, 0.15) is 0 Å². The van der Waals surface area contributed by atoms with Crippen LogP contribution in [0.5, 0.6) is 0 Å². The number of carbonyl (C=O) groups is 1. The number of carboxylic acid groups (broad SMARTS) is 1. The highest BCUT2D eigenvalue weighted by molar-refractivity contribution is 5.86. The zero-order valence-electron chi connectivity index (χ0n) is 9.37. The van der Waals surface area contributed by atoms with E-state index in [0.29, 0.717) is 17.9 Å². The van der Waals surface area contributed by atoms with Crippen molar-refractivity contribution in [2.75, 3.05) is 13.2 Å². The van der Waals surface area contributed by atoms with E-state index in [1.807, 2.05) is 6.08 Å². The number of ether oxygens (including phenoxy) is 1. The van der Waals surface area contributed by atoms with Gasteiger partial charge in [-0.2, -0.15) is 0 Å². The van der Waals surface area contributed by atoms with Gasteiger partial charge >= 0.3 is 5.97 Å². The number of unbranched alkanes of at least 4 members (excludes halogenated alkanes) is 2. The molecule has 15 heavy (non-hydrogen) atoms. The highest BCUT2D eigenvalue weighted by atomic mass is 16.5. The summed E-state index contributed by atoms with van der Waals surface area (Å²) >= 11 is 0. The molecule has 0 unspecified atom stereocenters. The van der Waals surface area contributed by atoms with Crippen molar-refractivity contribution in [3.05, 3.63) is 11.6 Å². The number of hydrogen-bond donors (Lipinski definition) is 1. The van der Waals surface area contributed by atoms with E-state index < -0.39 is 5.97 Å². The molecule has 0 spiro atoms. The van der Waals surface area contributed by atoms with Gasteiger partial charge in [-0.3, -0.25) is 0 Å². The highest BCUT2D eigenvalue weighted by Crippen LogP contribution is 2.20. The lowest BCUT2D eigenvalue weighted by Crippen LogP contribution is -2.27. The SMILES string of the molecule is CCCCC=C(CCC1COC1)C(=O)O. The predicted octanol–water partition coefficient (Wildman–Crippen LogP) is 2.61. The molecule has 0 aliphatic carbocycles. The van der Waals surface area contributed by atoms with Crippen molar-refractivity contribution >= 4 is 5.97 Å². The van der Waals surface area contributed by atoms with E-state index in [4.69, 9.17) is 9.84 Å². The van der Waals surface area contributed by atoms with E-state index in [1.165, 1.54) is 0 Å². The van der Waals surface area contributed by atoms with Gasteiger partial charge in [-0.05, 0) is 19.3 Å². The Hall–Kier alpha value is -0.830. The van der Waals surface area contributed by atoms with Crippen LogP contribution < -0.4 is 0 Å². The lowest BCUT2D eigenvalue weighted by molar-refractivity contribution is -0.133. The summed E-state index contributed by atoms with van der Waals surface area (Å²) in [6.07, 6.45) is 6.59. The Bertz CT molecular complexity index is 229. The van der Waals surface area contributed by atoms with Gasteiger partial charge in [0.15, 0.2) is 0 Å². The van der Waals surface area contributed by atoms with E-state index in [2.05, 4.69) is 6.92 Å². The first-order chi connectivity index (χ1) is 7.24. The topological polar surface area (TPSA) is 46.5 Å². The summed E-state index contributed by atoms with van der Waals surface area (Å²) in [5, 5.41) is 8.98. The molecule has 1 fully saturated rings. The van der Waals surface area contributed by atoms with Crippen LogP contribution in [0.2, 0.25) is 0 Å². The molecule has 1 aliphatic rings. The summed E-state index contributed by atoms with van der Waals surface area (Å²) < 4.78 is 5.06. The second-order valence-electron chi connectivity index (χ2n) is 4.12. The Morgan fingerprint density at radius 2 is 2.27 bits per heavy atom. The highest BCUT2D eigenvalue weighted by Gasteiger charge is 2.19. The smallest absolute Gasteiger partial charge is 0.331 e.